The lowest BCUT2D eigenvalue weighted by atomic mass is 10.1. The van der Waals surface area contributed by atoms with E-state index < -0.39 is 10.0 Å². The minimum Gasteiger partial charge on any atom is -0.443 e. The Kier molecular flexibility index (Phi) is 3.17. The molecule has 0 saturated heterocycles. The second kappa shape index (κ2) is 4.89. The fourth-order valence-electron chi connectivity index (χ4n) is 2.01. The molecular formula is C15H14N2O3S. The summed E-state index contributed by atoms with van der Waals surface area (Å²) in [5.41, 5.74) is 3.65. The highest BCUT2D eigenvalue weighted by Gasteiger charge is 2.15. The zero-order chi connectivity index (χ0) is 15.0. The first-order valence-electron chi connectivity index (χ1n) is 6.39. The minimum atomic E-state index is -3.62. The summed E-state index contributed by atoms with van der Waals surface area (Å²) in [5, 5.41) is 0. The van der Waals surface area contributed by atoms with Crippen LogP contribution in [0.15, 0.2) is 52.1 Å². The van der Waals surface area contributed by atoms with Crippen LogP contribution in [-0.2, 0) is 10.0 Å². The van der Waals surface area contributed by atoms with Crippen LogP contribution in [0.4, 0.5) is 5.69 Å². The zero-order valence-corrected chi connectivity index (χ0v) is 12.4. The van der Waals surface area contributed by atoms with Gasteiger partial charge in [0.1, 0.15) is 5.52 Å². The van der Waals surface area contributed by atoms with Gasteiger partial charge >= 0.3 is 0 Å². The Morgan fingerprint density at radius 2 is 1.86 bits per heavy atom. The molecule has 6 heteroatoms. The summed E-state index contributed by atoms with van der Waals surface area (Å²) in [4.78, 5) is 4.23. The van der Waals surface area contributed by atoms with Crippen LogP contribution in [0.3, 0.4) is 0 Å². The van der Waals surface area contributed by atoms with Crippen molar-refractivity contribution in [3.8, 4) is 0 Å². The lowest BCUT2D eigenvalue weighted by Crippen LogP contribution is -2.13. The molecular weight excluding hydrogens is 288 g/mol. The van der Waals surface area contributed by atoms with Crippen LogP contribution < -0.4 is 4.72 Å². The molecule has 3 rings (SSSR count). The van der Waals surface area contributed by atoms with Crippen LogP contribution in [0.1, 0.15) is 11.1 Å². The Morgan fingerprint density at radius 3 is 2.62 bits per heavy atom. The molecule has 0 fully saturated rings. The van der Waals surface area contributed by atoms with E-state index in [0.717, 1.165) is 11.1 Å². The van der Waals surface area contributed by atoms with Gasteiger partial charge in [-0.3, -0.25) is 4.72 Å². The molecule has 108 valence electrons. The Hall–Kier alpha value is -2.34. The van der Waals surface area contributed by atoms with Crippen LogP contribution >= 0.6 is 0 Å². The van der Waals surface area contributed by atoms with Crippen LogP contribution in [0.2, 0.25) is 0 Å². The predicted octanol–water partition coefficient (Wildman–Crippen LogP) is 3.25. The summed E-state index contributed by atoms with van der Waals surface area (Å²) in [7, 11) is -3.62. The number of anilines is 1. The second-order valence-electron chi connectivity index (χ2n) is 4.89. The maximum absolute atomic E-state index is 12.4. The van der Waals surface area contributed by atoms with Gasteiger partial charge in [0.2, 0.25) is 0 Å². The van der Waals surface area contributed by atoms with Gasteiger partial charge in [-0.05, 0) is 49.2 Å². The predicted molar refractivity (Wildman–Crippen MR) is 80.7 cm³/mol. The standard InChI is InChI=1S/C15H14N2O3S/c1-10-3-5-13(7-11(10)2)21(18,19)17-12-4-6-14-15(8-12)20-9-16-14/h3-9,17H,1-2H3. The van der Waals surface area contributed by atoms with E-state index in [4.69, 9.17) is 4.42 Å². The van der Waals surface area contributed by atoms with E-state index in [2.05, 4.69) is 9.71 Å². The fourth-order valence-corrected chi connectivity index (χ4v) is 3.15. The van der Waals surface area contributed by atoms with Crippen molar-refractivity contribution in [2.45, 2.75) is 18.7 Å². The Labute approximate surface area is 122 Å². The topological polar surface area (TPSA) is 72.2 Å². The Balaban J connectivity index is 1.96. The maximum atomic E-state index is 12.4. The molecule has 0 spiro atoms. The molecule has 3 aromatic rings. The first-order valence-corrected chi connectivity index (χ1v) is 7.87. The molecule has 1 aromatic heterocycles. The van der Waals surface area contributed by atoms with Crippen LogP contribution in [0, 0.1) is 13.8 Å². The number of sulfonamides is 1. The van der Waals surface area contributed by atoms with Gasteiger partial charge in [-0.25, -0.2) is 13.4 Å². The number of aryl methyl sites for hydroxylation is 2. The highest BCUT2D eigenvalue weighted by molar-refractivity contribution is 7.92. The summed E-state index contributed by atoms with van der Waals surface area (Å²) in [5.74, 6) is 0. The number of hydrogen-bond acceptors (Lipinski definition) is 4. The van der Waals surface area contributed by atoms with Crippen molar-refractivity contribution in [3.05, 3.63) is 53.9 Å². The highest BCUT2D eigenvalue weighted by Crippen LogP contribution is 2.22. The molecule has 0 atom stereocenters. The summed E-state index contributed by atoms with van der Waals surface area (Å²) in [6.07, 6.45) is 1.33. The van der Waals surface area contributed by atoms with Crippen molar-refractivity contribution in [1.82, 2.24) is 4.98 Å². The SMILES string of the molecule is Cc1ccc(S(=O)(=O)Nc2ccc3ncoc3c2)cc1C. The molecule has 0 saturated carbocycles. The number of oxazole rings is 1. The number of rotatable bonds is 3. The first kappa shape index (κ1) is 13.6. The molecule has 0 amide bonds. The summed E-state index contributed by atoms with van der Waals surface area (Å²) >= 11 is 0. The van der Waals surface area contributed by atoms with Gasteiger partial charge in [0, 0.05) is 6.07 Å². The molecule has 5 nitrogen and oxygen atoms in total. The van der Waals surface area contributed by atoms with Crippen molar-refractivity contribution in [2.24, 2.45) is 0 Å². The van der Waals surface area contributed by atoms with Gasteiger partial charge in [-0.15, -0.1) is 0 Å². The molecule has 1 N–H and O–H groups in total. The fraction of sp³-hybridized carbons (Fsp3) is 0.133. The largest absolute Gasteiger partial charge is 0.443 e. The molecule has 0 radical (unpaired) electrons. The van der Waals surface area contributed by atoms with Crippen LogP contribution in [0.5, 0.6) is 0 Å². The molecule has 0 aliphatic rings. The molecule has 0 aliphatic heterocycles. The molecule has 21 heavy (non-hydrogen) atoms. The van der Waals surface area contributed by atoms with Crippen molar-refractivity contribution in [3.63, 3.8) is 0 Å². The van der Waals surface area contributed by atoms with Crippen molar-refractivity contribution < 1.29 is 12.8 Å². The highest BCUT2D eigenvalue weighted by atomic mass is 32.2. The van der Waals surface area contributed by atoms with Crippen LogP contribution in [-0.4, -0.2) is 13.4 Å². The third-order valence-corrected chi connectivity index (χ3v) is 4.75. The van der Waals surface area contributed by atoms with E-state index in [1.807, 2.05) is 13.8 Å². The lowest BCUT2D eigenvalue weighted by molar-refractivity contribution is 0.601. The Morgan fingerprint density at radius 1 is 1.05 bits per heavy atom. The van der Waals surface area contributed by atoms with Crippen molar-refractivity contribution >= 4 is 26.8 Å². The van der Waals surface area contributed by atoms with E-state index in [9.17, 15) is 8.42 Å². The maximum Gasteiger partial charge on any atom is 0.261 e. The van der Waals surface area contributed by atoms with E-state index in [1.54, 1.807) is 36.4 Å². The average molecular weight is 302 g/mol. The normalized spacial score (nSPS) is 11.7. The first-order chi connectivity index (χ1) is 9.95. The van der Waals surface area contributed by atoms with Crippen molar-refractivity contribution in [2.75, 3.05) is 4.72 Å². The van der Waals surface area contributed by atoms with E-state index >= 15 is 0 Å². The Bertz CT molecular complexity index is 914. The minimum absolute atomic E-state index is 0.239. The second-order valence-corrected chi connectivity index (χ2v) is 6.57. The summed E-state index contributed by atoms with van der Waals surface area (Å²) in [6, 6.07) is 10.0. The molecule has 0 unspecified atom stereocenters. The molecule has 1 heterocycles. The van der Waals surface area contributed by atoms with Gasteiger partial charge in [0.25, 0.3) is 10.0 Å². The van der Waals surface area contributed by atoms with Gasteiger partial charge in [-0.1, -0.05) is 6.07 Å². The molecule has 0 aliphatic carbocycles. The van der Waals surface area contributed by atoms with Gasteiger partial charge in [0.15, 0.2) is 12.0 Å². The molecule has 0 bridgehead atoms. The van der Waals surface area contributed by atoms with Gasteiger partial charge < -0.3 is 4.42 Å². The number of fused-ring (bicyclic) bond motifs is 1. The number of nitrogens with one attached hydrogen (secondary N) is 1. The zero-order valence-electron chi connectivity index (χ0n) is 11.6. The van der Waals surface area contributed by atoms with E-state index in [-0.39, 0.29) is 4.90 Å². The van der Waals surface area contributed by atoms with Gasteiger partial charge in [-0.2, -0.15) is 0 Å². The van der Waals surface area contributed by atoms with E-state index in [1.165, 1.54) is 6.39 Å². The quantitative estimate of drug-likeness (QED) is 0.806. The lowest BCUT2D eigenvalue weighted by Gasteiger charge is -2.09. The summed E-state index contributed by atoms with van der Waals surface area (Å²) in [6.45, 7) is 3.83. The van der Waals surface area contributed by atoms with Crippen LogP contribution in [0.25, 0.3) is 11.1 Å². The average Bonchev–Trinajstić information content (AvgIpc) is 2.88. The number of benzene rings is 2. The third kappa shape index (κ3) is 2.62. The molecule has 2 aromatic carbocycles. The monoisotopic (exact) mass is 302 g/mol. The van der Waals surface area contributed by atoms with Gasteiger partial charge in [0.05, 0.1) is 10.6 Å². The number of nitrogens with zero attached hydrogens (tertiary/aromatic N) is 1. The summed E-state index contributed by atoms with van der Waals surface area (Å²) < 4.78 is 32.5. The number of aromatic nitrogens is 1. The smallest absolute Gasteiger partial charge is 0.261 e. The third-order valence-electron chi connectivity index (χ3n) is 3.37. The van der Waals surface area contributed by atoms with E-state index in [0.29, 0.717) is 16.8 Å². The van der Waals surface area contributed by atoms with Crippen molar-refractivity contribution in [1.29, 1.82) is 0 Å². The number of hydrogen-bond donors (Lipinski definition) is 1.